The molecular weight excluding hydrogens is 366 g/mol. The van der Waals surface area contributed by atoms with Crippen molar-refractivity contribution in [3.63, 3.8) is 0 Å². The predicted octanol–water partition coefficient (Wildman–Crippen LogP) is 4.03. The molecule has 3 aromatic rings. The molecule has 0 heterocycles. The van der Waals surface area contributed by atoms with E-state index in [1.807, 2.05) is 62.4 Å². The summed E-state index contributed by atoms with van der Waals surface area (Å²) in [6.07, 6.45) is 0.599. The van der Waals surface area contributed by atoms with E-state index in [-0.39, 0.29) is 0 Å². The maximum Gasteiger partial charge on any atom is 0.329 e. The third-order valence-corrected chi connectivity index (χ3v) is 4.52. The summed E-state index contributed by atoms with van der Waals surface area (Å²) in [4.78, 5) is 24.2. The SMILES string of the molecule is CC/C(=N/NC(=O)C(=O)Nc1ccc(C)cc1)c1ccc2cc(OC)ccc2c1. The van der Waals surface area contributed by atoms with Crippen LogP contribution in [-0.4, -0.2) is 24.6 Å². The van der Waals surface area contributed by atoms with Crippen molar-refractivity contribution in [1.82, 2.24) is 5.43 Å². The number of nitrogens with zero attached hydrogens (tertiary/aromatic N) is 1. The van der Waals surface area contributed by atoms with Crippen LogP contribution in [0.5, 0.6) is 5.75 Å². The monoisotopic (exact) mass is 389 g/mol. The fourth-order valence-corrected chi connectivity index (χ4v) is 2.87. The van der Waals surface area contributed by atoms with E-state index in [2.05, 4.69) is 15.8 Å². The number of fused-ring (bicyclic) bond motifs is 1. The minimum atomic E-state index is -0.818. The lowest BCUT2D eigenvalue weighted by Crippen LogP contribution is -2.33. The summed E-state index contributed by atoms with van der Waals surface area (Å²) in [5, 5.41) is 8.80. The molecule has 2 amide bonds. The largest absolute Gasteiger partial charge is 0.497 e. The van der Waals surface area contributed by atoms with Gasteiger partial charge in [0.1, 0.15) is 5.75 Å². The lowest BCUT2D eigenvalue weighted by Gasteiger charge is -2.08. The molecule has 0 aliphatic heterocycles. The van der Waals surface area contributed by atoms with Crippen molar-refractivity contribution >= 4 is 34.0 Å². The van der Waals surface area contributed by atoms with Crippen LogP contribution in [-0.2, 0) is 9.59 Å². The highest BCUT2D eigenvalue weighted by Gasteiger charge is 2.14. The normalized spacial score (nSPS) is 11.2. The zero-order valence-electron chi connectivity index (χ0n) is 16.7. The number of nitrogens with one attached hydrogen (secondary N) is 2. The van der Waals surface area contributed by atoms with Crippen molar-refractivity contribution in [3.8, 4) is 5.75 Å². The molecule has 0 aliphatic rings. The molecule has 6 heteroatoms. The number of benzene rings is 3. The summed E-state index contributed by atoms with van der Waals surface area (Å²) >= 11 is 0. The van der Waals surface area contributed by atoms with E-state index in [9.17, 15) is 9.59 Å². The Balaban J connectivity index is 1.71. The number of hydrazone groups is 1. The van der Waals surface area contributed by atoms with Gasteiger partial charge in [0.15, 0.2) is 0 Å². The average Bonchev–Trinajstić information content (AvgIpc) is 2.75. The van der Waals surface area contributed by atoms with Gasteiger partial charge in [-0.05, 0) is 60.0 Å². The van der Waals surface area contributed by atoms with Gasteiger partial charge in [-0.25, -0.2) is 5.43 Å². The van der Waals surface area contributed by atoms with Gasteiger partial charge >= 0.3 is 11.8 Å². The number of hydrogen-bond donors (Lipinski definition) is 2. The summed E-state index contributed by atoms with van der Waals surface area (Å²) in [7, 11) is 1.63. The van der Waals surface area contributed by atoms with Crippen LogP contribution in [0, 0.1) is 6.92 Å². The first-order valence-electron chi connectivity index (χ1n) is 9.33. The van der Waals surface area contributed by atoms with Gasteiger partial charge in [0.05, 0.1) is 12.8 Å². The number of rotatable bonds is 5. The van der Waals surface area contributed by atoms with E-state index >= 15 is 0 Å². The number of anilines is 1. The molecule has 0 saturated heterocycles. The Bertz CT molecular complexity index is 1070. The first kappa shape index (κ1) is 20.1. The highest BCUT2D eigenvalue weighted by Crippen LogP contribution is 2.22. The van der Waals surface area contributed by atoms with Crippen molar-refractivity contribution in [3.05, 3.63) is 71.8 Å². The molecule has 2 N–H and O–H groups in total. The maximum absolute atomic E-state index is 12.1. The van der Waals surface area contributed by atoms with E-state index in [0.29, 0.717) is 17.8 Å². The molecule has 0 bridgehead atoms. The Labute approximate surface area is 169 Å². The highest BCUT2D eigenvalue weighted by atomic mass is 16.5. The predicted molar refractivity (Wildman–Crippen MR) is 115 cm³/mol. The summed E-state index contributed by atoms with van der Waals surface area (Å²) in [6, 6.07) is 18.9. The molecule has 148 valence electrons. The summed E-state index contributed by atoms with van der Waals surface area (Å²) in [6.45, 7) is 3.89. The zero-order chi connectivity index (χ0) is 20.8. The fourth-order valence-electron chi connectivity index (χ4n) is 2.87. The van der Waals surface area contributed by atoms with Crippen molar-refractivity contribution < 1.29 is 14.3 Å². The highest BCUT2D eigenvalue weighted by molar-refractivity contribution is 6.39. The molecule has 0 atom stereocenters. The maximum atomic E-state index is 12.1. The first-order valence-corrected chi connectivity index (χ1v) is 9.33. The second kappa shape index (κ2) is 9.01. The first-order chi connectivity index (χ1) is 14.0. The van der Waals surface area contributed by atoms with Crippen LogP contribution in [0.3, 0.4) is 0 Å². The molecule has 0 aliphatic carbocycles. The molecule has 6 nitrogen and oxygen atoms in total. The minimum absolute atomic E-state index is 0.556. The molecule has 3 aromatic carbocycles. The van der Waals surface area contributed by atoms with E-state index in [1.165, 1.54) is 0 Å². The Morgan fingerprint density at radius 1 is 0.931 bits per heavy atom. The van der Waals surface area contributed by atoms with Gasteiger partial charge in [0.2, 0.25) is 0 Å². The molecule has 0 unspecified atom stereocenters. The van der Waals surface area contributed by atoms with Crippen LogP contribution in [0.15, 0.2) is 65.8 Å². The van der Waals surface area contributed by atoms with Crippen molar-refractivity contribution in [2.45, 2.75) is 20.3 Å². The quantitative estimate of drug-likeness (QED) is 0.393. The Hall–Kier alpha value is -3.67. The Kier molecular flexibility index (Phi) is 6.24. The number of methoxy groups -OCH3 is 1. The molecule has 29 heavy (non-hydrogen) atoms. The van der Waals surface area contributed by atoms with Crippen LogP contribution in [0.4, 0.5) is 5.69 Å². The smallest absolute Gasteiger partial charge is 0.329 e. The van der Waals surface area contributed by atoms with Crippen LogP contribution in [0.2, 0.25) is 0 Å². The Morgan fingerprint density at radius 3 is 2.31 bits per heavy atom. The number of carbonyl (C=O) groups excluding carboxylic acids is 2. The van der Waals surface area contributed by atoms with Gasteiger partial charge < -0.3 is 10.1 Å². The van der Waals surface area contributed by atoms with E-state index < -0.39 is 11.8 Å². The number of ether oxygens (including phenoxy) is 1. The molecule has 0 spiro atoms. The van der Waals surface area contributed by atoms with Crippen LogP contribution in [0.1, 0.15) is 24.5 Å². The standard InChI is InChI=1S/C23H23N3O3/c1-4-21(18-8-7-17-14-20(29-3)12-9-16(17)13-18)25-26-23(28)22(27)24-19-10-5-15(2)6-11-19/h5-14H,4H2,1-3H3,(H,24,27)(H,26,28)/b25-21-. The summed E-state index contributed by atoms with van der Waals surface area (Å²) in [5.74, 6) is -0.790. The molecule has 3 rings (SSSR count). The van der Waals surface area contributed by atoms with Gasteiger partial charge in [-0.3, -0.25) is 9.59 Å². The minimum Gasteiger partial charge on any atom is -0.497 e. The molecular formula is C23H23N3O3. The van der Waals surface area contributed by atoms with Gasteiger partial charge in [-0.2, -0.15) is 5.10 Å². The van der Waals surface area contributed by atoms with Gasteiger partial charge in [-0.15, -0.1) is 0 Å². The summed E-state index contributed by atoms with van der Waals surface area (Å²) in [5.41, 5.74) is 5.53. The topological polar surface area (TPSA) is 79.8 Å². The van der Waals surface area contributed by atoms with E-state index in [4.69, 9.17) is 4.74 Å². The fraction of sp³-hybridized carbons (Fsp3) is 0.174. The average molecular weight is 389 g/mol. The second-order valence-electron chi connectivity index (χ2n) is 6.60. The third-order valence-electron chi connectivity index (χ3n) is 4.52. The van der Waals surface area contributed by atoms with E-state index in [0.717, 1.165) is 27.6 Å². The molecule has 0 radical (unpaired) electrons. The number of hydrogen-bond acceptors (Lipinski definition) is 4. The number of aryl methyl sites for hydroxylation is 1. The molecule has 0 fully saturated rings. The number of amides is 2. The van der Waals surface area contributed by atoms with Crippen LogP contribution >= 0.6 is 0 Å². The van der Waals surface area contributed by atoms with E-state index in [1.54, 1.807) is 19.2 Å². The van der Waals surface area contributed by atoms with Crippen molar-refractivity contribution in [2.24, 2.45) is 5.10 Å². The van der Waals surface area contributed by atoms with Gasteiger partial charge in [0.25, 0.3) is 0 Å². The van der Waals surface area contributed by atoms with Crippen molar-refractivity contribution in [2.75, 3.05) is 12.4 Å². The second-order valence-corrected chi connectivity index (χ2v) is 6.60. The van der Waals surface area contributed by atoms with Gasteiger partial charge in [-0.1, -0.05) is 42.8 Å². The van der Waals surface area contributed by atoms with Gasteiger partial charge in [0, 0.05) is 5.69 Å². The lowest BCUT2D eigenvalue weighted by molar-refractivity contribution is -0.136. The third kappa shape index (κ3) is 4.99. The summed E-state index contributed by atoms with van der Waals surface area (Å²) < 4.78 is 5.25. The molecule has 0 saturated carbocycles. The number of carbonyl (C=O) groups is 2. The van der Waals surface area contributed by atoms with Crippen LogP contribution in [0.25, 0.3) is 10.8 Å². The lowest BCUT2D eigenvalue weighted by atomic mass is 10.0. The van der Waals surface area contributed by atoms with Crippen molar-refractivity contribution in [1.29, 1.82) is 0 Å². The molecule has 0 aromatic heterocycles. The zero-order valence-corrected chi connectivity index (χ0v) is 16.7. The Morgan fingerprint density at radius 2 is 1.62 bits per heavy atom. The van der Waals surface area contributed by atoms with Crippen LogP contribution < -0.4 is 15.5 Å².